The van der Waals surface area contributed by atoms with Gasteiger partial charge in [-0.25, -0.2) is 0 Å². The van der Waals surface area contributed by atoms with Gasteiger partial charge in [0.25, 0.3) is 0 Å². The minimum atomic E-state index is 0.0694. The average Bonchev–Trinajstić information content (AvgIpc) is 2.83. The van der Waals surface area contributed by atoms with Crippen molar-refractivity contribution in [3.63, 3.8) is 0 Å². The quantitative estimate of drug-likeness (QED) is 0.807. The Balaban J connectivity index is 2.12. The Kier molecular flexibility index (Phi) is 3.77. The first kappa shape index (κ1) is 14.8. The Labute approximate surface area is 122 Å². The monoisotopic (exact) mass is 271 g/mol. The number of allylic oxidation sites excluding steroid dienone is 2. The summed E-state index contributed by atoms with van der Waals surface area (Å²) >= 11 is 0. The van der Waals surface area contributed by atoms with Crippen LogP contribution >= 0.6 is 0 Å². The number of aryl methyl sites for hydroxylation is 2. The summed E-state index contributed by atoms with van der Waals surface area (Å²) in [5.41, 5.74) is 4.62. The van der Waals surface area contributed by atoms with Crippen LogP contribution in [0.1, 0.15) is 38.8 Å². The number of carbonyl (C=O) groups is 1. The largest absolute Gasteiger partial charge is 0.326 e. The summed E-state index contributed by atoms with van der Waals surface area (Å²) in [6.45, 7) is 12.6. The minimum Gasteiger partial charge on any atom is -0.326 e. The fourth-order valence-electron chi connectivity index (χ4n) is 3.01. The van der Waals surface area contributed by atoms with Crippen molar-refractivity contribution in [2.45, 2.75) is 41.5 Å². The van der Waals surface area contributed by atoms with Crippen molar-refractivity contribution in [2.24, 2.45) is 17.3 Å². The van der Waals surface area contributed by atoms with Crippen LogP contribution in [-0.2, 0) is 4.79 Å². The molecule has 2 atom stereocenters. The molecule has 0 aromatic heterocycles. The van der Waals surface area contributed by atoms with Crippen molar-refractivity contribution in [3.05, 3.63) is 41.0 Å². The molecule has 0 aliphatic heterocycles. The van der Waals surface area contributed by atoms with E-state index in [0.717, 1.165) is 11.3 Å². The Morgan fingerprint density at radius 2 is 1.90 bits per heavy atom. The van der Waals surface area contributed by atoms with Crippen molar-refractivity contribution in [2.75, 3.05) is 5.32 Å². The maximum Gasteiger partial charge on any atom is 0.228 e. The third kappa shape index (κ3) is 2.79. The van der Waals surface area contributed by atoms with Crippen LogP contribution in [0.15, 0.2) is 29.8 Å². The van der Waals surface area contributed by atoms with Crippen LogP contribution in [0, 0.1) is 31.1 Å². The van der Waals surface area contributed by atoms with Crippen LogP contribution in [0.25, 0.3) is 0 Å². The molecule has 20 heavy (non-hydrogen) atoms. The summed E-state index contributed by atoms with van der Waals surface area (Å²) in [7, 11) is 0. The molecule has 1 aromatic carbocycles. The van der Waals surface area contributed by atoms with Crippen LogP contribution in [0.2, 0.25) is 0 Å². The zero-order chi connectivity index (χ0) is 15.1. The van der Waals surface area contributed by atoms with E-state index in [1.807, 2.05) is 19.1 Å². The fourth-order valence-corrected chi connectivity index (χ4v) is 3.01. The van der Waals surface area contributed by atoms with E-state index in [0.29, 0.717) is 5.92 Å². The molecule has 1 aliphatic carbocycles. The first-order valence-electron chi connectivity index (χ1n) is 7.26. The lowest BCUT2D eigenvalue weighted by atomic mass is 10.1. The van der Waals surface area contributed by atoms with Gasteiger partial charge in [-0.3, -0.25) is 4.79 Å². The molecule has 1 fully saturated rings. The van der Waals surface area contributed by atoms with Gasteiger partial charge >= 0.3 is 0 Å². The summed E-state index contributed by atoms with van der Waals surface area (Å²) in [5.74, 6) is 0.584. The molecule has 2 rings (SSSR count). The number of benzene rings is 1. The lowest BCUT2D eigenvalue weighted by molar-refractivity contribution is -0.118. The highest BCUT2D eigenvalue weighted by Crippen LogP contribution is 2.59. The van der Waals surface area contributed by atoms with Gasteiger partial charge in [-0.15, -0.1) is 0 Å². The molecule has 0 unspecified atom stereocenters. The Bertz CT molecular complexity index is 565. The van der Waals surface area contributed by atoms with Gasteiger partial charge in [0.2, 0.25) is 5.91 Å². The molecule has 1 N–H and O–H groups in total. The summed E-state index contributed by atoms with van der Waals surface area (Å²) in [4.78, 5) is 12.5. The van der Waals surface area contributed by atoms with Gasteiger partial charge in [0, 0.05) is 5.69 Å². The molecule has 1 aliphatic rings. The second-order valence-corrected chi connectivity index (χ2v) is 6.88. The van der Waals surface area contributed by atoms with Crippen LogP contribution < -0.4 is 5.32 Å². The number of rotatable bonds is 3. The first-order chi connectivity index (χ1) is 9.23. The molecular formula is C18H25NO. The highest BCUT2D eigenvalue weighted by atomic mass is 16.2. The molecule has 1 amide bonds. The zero-order valence-corrected chi connectivity index (χ0v) is 13.4. The predicted octanol–water partition coefficient (Wildman–Crippen LogP) is 4.48. The van der Waals surface area contributed by atoms with Crippen LogP contribution in [0.4, 0.5) is 5.69 Å². The summed E-state index contributed by atoms with van der Waals surface area (Å²) in [6.07, 6.45) is 2.23. The zero-order valence-electron chi connectivity index (χ0n) is 13.4. The van der Waals surface area contributed by atoms with Gasteiger partial charge in [-0.05, 0) is 50.7 Å². The minimum absolute atomic E-state index is 0.0694. The molecule has 0 heterocycles. The van der Waals surface area contributed by atoms with E-state index < -0.39 is 0 Å². The maximum absolute atomic E-state index is 12.5. The molecule has 2 nitrogen and oxygen atoms in total. The lowest BCUT2D eigenvalue weighted by Crippen LogP contribution is -2.17. The number of hydrogen-bond donors (Lipinski definition) is 1. The van der Waals surface area contributed by atoms with E-state index >= 15 is 0 Å². The smallest absolute Gasteiger partial charge is 0.228 e. The standard InChI is InChI=1S/C18H25NO/c1-11(2)9-14-16(18(14,5)6)17(20)19-15-8-7-12(3)10-13(15)4/h7-10,14,16H,1-6H3,(H,19,20)/t14-,16+/m0/s1. The molecule has 0 saturated heterocycles. The first-order valence-corrected chi connectivity index (χ1v) is 7.26. The van der Waals surface area contributed by atoms with E-state index in [-0.39, 0.29) is 17.2 Å². The number of anilines is 1. The number of nitrogens with one attached hydrogen (secondary N) is 1. The fraction of sp³-hybridized carbons (Fsp3) is 0.500. The second kappa shape index (κ2) is 5.08. The normalized spacial score (nSPS) is 23.1. The molecular weight excluding hydrogens is 246 g/mol. The van der Waals surface area contributed by atoms with Crippen molar-refractivity contribution in [1.82, 2.24) is 0 Å². The van der Waals surface area contributed by atoms with Gasteiger partial charge in [0.05, 0.1) is 5.92 Å². The lowest BCUT2D eigenvalue weighted by Gasteiger charge is -2.09. The summed E-state index contributed by atoms with van der Waals surface area (Å²) in [5, 5.41) is 3.09. The Morgan fingerprint density at radius 1 is 1.25 bits per heavy atom. The molecule has 0 radical (unpaired) electrons. The van der Waals surface area contributed by atoms with E-state index in [1.54, 1.807) is 0 Å². The van der Waals surface area contributed by atoms with Crippen LogP contribution in [-0.4, -0.2) is 5.91 Å². The van der Waals surface area contributed by atoms with E-state index in [9.17, 15) is 4.79 Å². The topological polar surface area (TPSA) is 29.1 Å². The average molecular weight is 271 g/mol. The molecule has 0 bridgehead atoms. The number of carbonyl (C=O) groups excluding carboxylic acids is 1. The van der Waals surface area contributed by atoms with Crippen LogP contribution in [0.3, 0.4) is 0 Å². The van der Waals surface area contributed by atoms with E-state index in [4.69, 9.17) is 0 Å². The Hall–Kier alpha value is -1.57. The van der Waals surface area contributed by atoms with Crippen molar-refractivity contribution >= 4 is 11.6 Å². The SMILES string of the molecule is CC(C)=C[C@H]1[C@H](C(=O)Nc2ccc(C)cc2C)C1(C)C. The third-order valence-electron chi connectivity index (χ3n) is 4.35. The highest BCUT2D eigenvalue weighted by Gasteiger charge is 2.60. The van der Waals surface area contributed by atoms with Gasteiger partial charge in [-0.2, -0.15) is 0 Å². The molecule has 0 spiro atoms. The van der Waals surface area contributed by atoms with Crippen LogP contribution in [0.5, 0.6) is 0 Å². The highest BCUT2D eigenvalue weighted by molar-refractivity contribution is 5.96. The van der Waals surface area contributed by atoms with Crippen molar-refractivity contribution < 1.29 is 4.79 Å². The molecule has 1 aromatic rings. The van der Waals surface area contributed by atoms with Crippen molar-refractivity contribution in [3.8, 4) is 0 Å². The maximum atomic E-state index is 12.5. The second-order valence-electron chi connectivity index (χ2n) is 6.88. The Morgan fingerprint density at radius 3 is 2.45 bits per heavy atom. The van der Waals surface area contributed by atoms with Gasteiger partial charge in [0.1, 0.15) is 0 Å². The van der Waals surface area contributed by atoms with Gasteiger partial charge in [-0.1, -0.05) is 43.2 Å². The van der Waals surface area contributed by atoms with Crippen molar-refractivity contribution in [1.29, 1.82) is 0 Å². The van der Waals surface area contributed by atoms with Gasteiger partial charge in [0.15, 0.2) is 0 Å². The van der Waals surface area contributed by atoms with E-state index in [2.05, 4.69) is 52.1 Å². The predicted molar refractivity (Wildman–Crippen MR) is 84.7 cm³/mol. The third-order valence-corrected chi connectivity index (χ3v) is 4.35. The molecule has 1 saturated carbocycles. The number of hydrogen-bond acceptors (Lipinski definition) is 1. The van der Waals surface area contributed by atoms with Gasteiger partial charge < -0.3 is 5.32 Å². The summed E-state index contributed by atoms with van der Waals surface area (Å²) in [6, 6.07) is 6.13. The van der Waals surface area contributed by atoms with E-state index in [1.165, 1.54) is 11.1 Å². The number of amides is 1. The molecule has 2 heteroatoms. The summed E-state index contributed by atoms with van der Waals surface area (Å²) < 4.78 is 0. The molecule has 108 valence electrons.